The van der Waals surface area contributed by atoms with Crippen molar-refractivity contribution < 1.29 is 9.84 Å². The monoisotopic (exact) mass is 453 g/mol. The molecule has 0 aromatic heterocycles. The molecule has 2 aliphatic heterocycles. The van der Waals surface area contributed by atoms with E-state index in [1.54, 1.807) is 11.8 Å². The molecule has 1 N–H and O–H groups in total. The van der Waals surface area contributed by atoms with Crippen molar-refractivity contribution in [3.8, 4) is 5.75 Å². The molecule has 0 amide bonds. The lowest BCUT2D eigenvalue weighted by Crippen LogP contribution is -2.32. The third-order valence-corrected chi connectivity index (χ3v) is 8.09. The van der Waals surface area contributed by atoms with Crippen LogP contribution in [-0.2, 0) is 12.8 Å². The van der Waals surface area contributed by atoms with E-state index in [0.717, 1.165) is 31.4 Å². The van der Waals surface area contributed by atoms with Gasteiger partial charge in [0, 0.05) is 12.1 Å². The molecule has 2 heterocycles. The highest BCUT2D eigenvalue weighted by Gasteiger charge is 2.36. The van der Waals surface area contributed by atoms with Gasteiger partial charge in [-0.15, -0.1) is 0 Å². The van der Waals surface area contributed by atoms with Gasteiger partial charge in [0.1, 0.15) is 5.75 Å². The Hall–Kier alpha value is -1.49. The summed E-state index contributed by atoms with van der Waals surface area (Å²) in [6, 6.07) is 16.6. The summed E-state index contributed by atoms with van der Waals surface area (Å²) in [6.07, 6.45) is 10.9. The van der Waals surface area contributed by atoms with Crippen LogP contribution in [0.3, 0.4) is 0 Å². The lowest BCUT2D eigenvalue weighted by Gasteiger charge is -2.28. The molecule has 0 saturated carbocycles. The van der Waals surface area contributed by atoms with E-state index in [-0.39, 0.29) is 11.7 Å². The number of aliphatic hydroxyl groups excluding tert-OH is 1. The molecule has 1 saturated heterocycles. The van der Waals surface area contributed by atoms with Gasteiger partial charge in [0.2, 0.25) is 0 Å². The minimum absolute atomic E-state index is 0.123. The fourth-order valence-corrected chi connectivity index (χ4v) is 6.29. The quantitative estimate of drug-likeness (QED) is 0.388. The molecular weight excluding hydrogens is 414 g/mol. The van der Waals surface area contributed by atoms with Gasteiger partial charge < -0.3 is 9.84 Å². The van der Waals surface area contributed by atoms with Crippen molar-refractivity contribution in [3.63, 3.8) is 0 Å². The van der Waals surface area contributed by atoms with Crippen LogP contribution >= 0.6 is 11.8 Å². The zero-order valence-corrected chi connectivity index (χ0v) is 20.8. The second-order valence-electron chi connectivity index (χ2n) is 9.88. The van der Waals surface area contributed by atoms with Crippen LogP contribution in [0.1, 0.15) is 88.4 Å². The summed E-state index contributed by atoms with van der Waals surface area (Å²) >= 11 is 1.79. The molecule has 32 heavy (non-hydrogen) atoms. The van der Waals surface area contributed by atoms with Gasteiger partial charge in [0.25, 0.3) is 0 Å². The average molecular weight is 454 g/mol. The number of hydrogen-bond acceptors (Lipinski definition) is 4. The van der Waals surface area contributed by atoms with E-state index in [1.807, 2.05) is 0 Å². The molecule has 0 aliphatic carbocycles. The Balaban J connectivity index is 1.32. The Kier molecular flexibility index (Phi) is 7.86. The van der Waals surface area contributed by atoms with E-state index in [0.29, 0.717) is 12.1 Å². The summed E-state index contributed by atoms with van der Waals surface area (Å²) in [6.45, 7) is 6.61. The predicted molar refractivity (Wildman–Crippen MR) is 134 cm³/mol. The van der Waals surface area contributed by atoms with E-state index in [2.05, 4.69) is 68.1 Å². The van der Waals surface area contributed by atoms with E-state index < -0.39 is 0 Å². The summed E-state index contributed by atoms with van der Waals surface area (Å²) in [4.78, 5) is 3.33. The normalized spacial score (nSPS) is 22.1. The molecule has 0 radical (unpaired) electrons. The maximum Gasteiger partial charge on any atom is 0.153 e. The number of aliphatic hydroxyl groups is 1. The van der Waals surface area contributed by atoms with Gasteiger partial charge in [-0.1, -0.05) is 68.3 Å². The molecule has 3 nitrogen and oxygen atoms in total. The van der Waals surface area contributed by atoms with Crippen molar-refractivity contribution >= 4 is 11.8 Å². The highest BCUT2D eigenvalue weighted by Crippen LogP contribution is 2.49. The minimum Gasteiger partial charge on any atom is -0.476 e. The number of benzene rings is 2. The van der Waals surface area contributed by atoms with E-state index in [1.165, 1.54) is 53.7 Å². The Bertz CT molecular complexity index is 880. The molecule has 2 aliphatic rings. The zero-order chi connectivity index (χ0) is 22.6. The second kappa shape index (κ2) is 10.6. The molecule has 2 aromatic carbocycles. The highest BCUT2D eigenvalue weighted by molar-refractivity contribution is 8.00. The smallest absolute Gasteiger partial charge is 0.153 e. The van der Waals surface area contributed by atoms with Crippen molar-refractivity contribution in [3.05, 3.63) is 59.2 Å². The van der Waals surface area contributed by atoms with Gasteiger partial charge in [-0.2, -0.15) is 0 Å². The fraction of sp³-hybridized carbons (Fsp3) is 0.571. The van der Waals surface area contributed by atoms with Crippen molar-refractivity contribution in [2.75, 3.05) is 6.73 Å². The second-order valence-corrected chi connectivity index (χ2v) is 11.5. The first-order valence-electron chi connectivity index (χ1n) is 12.5. The Labute approximate surface area is 198 Å². The van der Waals surface area contributed by atoms with Crippen molar-refractivity contribution in [1.82, 2.24) is 4.90 Å². The van der Waals surface area contributed by atoms with Gasteiger partial charge in [-0.05, 0) is 81.2 Å². The van der Waals surface area contributed by atoms with Gasteiger partial charge >= 0.3 is 0 Å². The predicted octanol–water partition coefficient (Wildman–Crippen LogP) is 7.12. The maximum atomic E-state index is 10.2. The van der Waals surface area contributed by atoms with Crippen LogP contribution in [0.5, 0.6) is 5.75 Å². The van der Waals surface area contributed by atoms with Crippen LogP contribution in [0.15, 0.2) is 47.4 Å². The van der Waals surface area contributed by atoms with Crippen LogP contribution in [0.2, 0.25) is 0 Å². The minimum atomic E-state index is -0.194. The number of ether oxygens (including phenoxy) is 1. The molecule has 4 heteroatoms. The lowest BCUT2D eigenvalue weighted by atomic mass is 10.0. The number of fused-ring (bicyclic) bond motifs is 1. The Morgan fingerprint density at radius 1 is 1.00 bits per heavy atom. The summed E-state index contributed by atoms with van der Waals surface area (Å²) in [5.41, 5.74) is 4.18. The SMILES string of the molecule is CCCCCCc1ccc(CCC2CCC(c3ccc4c(c3)SC(C)(C)O4)N2CO)cc1. The number of hydrogen-bond donors (Lipinski definition) is 1. The third-order valence-electron chi connectivity index (χ3n) is 6.98. The summed E-state index contributed by atoms with van der Waals surface area (Å²) in [7, 11) is 0. The number of unbranched alkanes of at least 4 members (excludes halogenated alkanes) is 3. The Morgan fingerprint density at radius 2 is 1.75 bits per heavy atom. The van der Waals surface area contributed by atoms with Crippen molar-refractivity contribution in [2.24, 2.45) is 0 Å². The number of aryl methyl sites for hydroxylation is 2. The standard InChI is InChI=1S/C28H39NO2S/c1-4-5-6-7-8-21-9-11-22(12-10-21)13-15-24-16-17-25(29(24)20-30)23-14-18-26-27(19-23)32-28(2,3)31-26/h9-12,14,18-19,24-25,30H,4-8,13,15-17,20H2,1-3H3. The number of likely N-dealkylation sites (tertiary alicyclic amines) is 1. The first-order valence-corrected chi connectivity index (χ1v) is 13.3. The first kappa shape index (κ1) is 23.7. The number of rotatable bonds is 10. The molecule has 0 spiro atoms. The van der Waals surface area contributed by atoms with Gasteiger partial charge in [-0.25, -0.2) is 0 Å². The third kappa shape index (κ3) is 5.70. The van der Waals surface area contributed by atoms with Gasteiger partial charge in [0.15, 0.2) is 4.93 Å². The molecule has 2 aromatic rings. The first-order chi connectivity index (χ1) is 15.5. The van der Waals surface area contributed by atoms with Crippen LogP contribution in [0, 0.1) is 0 Å². The molecule has 1 fully saturated rings. The largest absolute Gasteiger partial charge is 0.476 e. The van der Waals surface area contributed by atoms with Crippen LogP contribution < -0.4 is 4.74 Å². The highest BCUT2D eigenvalue weighted by atomic mass is 32.2. The molecule has 2 unspecified atom stereocenters. The summed E-state index contributed by atoms with van der Waals surface area (Å²) in [5, 5.41) is 10.2. The average Bonchev–Trinajstić information content (AvgIpc) is 3.33. The summed E-state index contributed by atoms with van der Waals surface area (Å²) in [5.74, 6) is 0.989. The van der Waals surface area contributed by atoms with Crippen molar-refractivity contribution in [2.45, 2.75) is 100 Å². The molecular formula is C28H39NO2S. The van der Waals surface area contributed by atoms with Gasteiger partial charge in [0.05, 0.1) is 11.6 Å². The zero-order valence-electron chi connectivity index (χ0n) is 20.0. The van der Waals surface area contributed by atoms with Crippen molar-refractivity contribution in [1.29, 1.82) is 0 Å². The van der Waals surface area contributed by atoms with Crippen LogP contribution in [-0.4, -0.2) is 27.7 Å². The number of thioether (sulfide) groups is 1. The summed E-state index contributed by atoms with van der Waals surface area (Å²) < 4.78 is 6.01. The van der Waals surface area contributed by atoms with E-state index in [4.69, 9.17) is 4.74 Å². The van der Waals surface area contributed by atoms with Gasteiger partial charge in [-0.3, -0.25) is 4.90 Å². The Morgan fingerprint density at radius 3 is 2.47 bits per heavy atom. The fourth-order valence-electron chi connectivity index (χ4n) is 5.23. The molecule has 2 atom stereocenters. The molecule has 174 valence electrons. The lowest BCUT2D eigenvalue weighted by molar-refractivity contribution is 0.0596. The van der Waals surface area contributed by atoms with Crippen LogP contribution in [0.4, 0.5) is 0 Å². The maximum absolute atomic E-state index is 10.2. The number of nitrogens with zero attached hydrogens (tertiary/aromatic N) is 1. The molecule has 0 bridgehead atoms. The molecule has 4 rings (SSSR count). The van der Waals surface area contributed by atoms with E-state index >= 15 is 0 Å². The van der Waals surface area contributed by atoms with E-state index in [9.17, 15) is 5.11 Å². The van der Waals surface area contributed by atoms with Crippen LogP contribution in [0.25, 0.3) is 0 Å². The topological polar surface area (TPSA) is 32.7 Å².